The maximum absolute atomic E-state index is 11.2. The van der Waals surface area contributed by atoms with Crippen LogP contribution in [0.1, 0.15) is 52.9 Å². The molecule has 1 rings (SSSR count). The van der Waals surface area contributed by atoms with Crippen LogP contribution in [0, 0.1) is 11.8 Å². The van der Waals surface area contributed by atoms with Crippen molar-refractivity contribution in [2.45, 2.75) is 52.9 Å². The van der Waals surface area contributed by atoms with Crippen molar-refractivity contribution in [3.05, 3.63) is 28.5 Å². The Labute approximate surface area is 116 Å². The number of hydrogen-bond donors (Lipinski definition) is 0. The minimum Gasteiger partial charge on any atom is -0.466 e. The van der Waals surface area contributed by atoms with Gasteiger partial charge < -0.3 is 4.74 Å². The van der Waals surface area contributed by atoms with Gasteiger partial charge in [0.2, 0.25) is 0 Å². The van der Waals surface area contributed by atoms with Crippen LogP contribution >= 0.6 is 0 Å². The summed E-state index contributed by atoms with van der Waals surface area (Å²) in [5.74, 6) is 5.98. The van der Waals surface area contributed by atoms with E-state index >= 15 is 0 Å². The van der Waals surface area contributed by atoms with Crippen molar-refractivity contribution in [3.63, 3.8) is 0 Å². The largest absolute Gasteiger partial charge is 0.466 e. The maximum Gasteiger partial charge on any atom is 0.310 e. The van der Waals surface area contributed by atoms with Gasteiger partial charge in [-0.25, -0.2) is 0 Å². The van der Waals surface area contributed by atoms with Gasteiger partial charge in [-0.2, -0.15) is 0 Å². The van der Waals surface area contributed by atoms with E-state index in [1.807, 2.05) is 20.8 Å². The van der Waals surface area contributed by atoms with Crippen molar-refractivity contribution in [2.75, 3.05) is 6.61 Å². The quantitative estimate of drug-likeness (QED) is 0.434. The second kappa shape index (κ2) is 8.40. The Morgan fingerprint density at radius 1 is 1.37 bits per heavy atom. The van der Waals surface area contributed by atoms with E-state index in [4.69, 9.17) is 4.74 Å². The molecule has 0 bridgehead atoms. The molecule has 2 nitrogen and oxygen atoms in total. The standard InChI is InChI=1S/C17H22O2/c1-4-9-15-11-6-7-12-16(15)14(3)10-8-13-17(18)19-5-2/h8H,5-7,11-13H2,1-3H3. The second-order valence-electron chi connectivity index (χ2n) is 4.52. The Kier molecular flexibility index (Phi) is 6.79. The first kappa shape index (κ1) is 15.3. The third kappa shape index (κ3) is 5.20. The van der Waals surface area contributed by atoms with Crippen LogP contribution in [0.4, 0.5) is 0 Å². The zero-order valence-electron chi connectivity index (χ0n) is 12.1. The van der Waals surface area contributed by atoms with Gasteiger partial charge in [0.1, 0.15) is 0 Å². The summed E-state index contributed by atoms with van der Waals surface area (Å²) in [6.45, 7) is 6.15. The zero-order valence-corrected chi connectivity index (χ0v) is 12.1. The van der Waals surface area contributed by atoms with E-state index in [0.29, 0.717) is 6.61 Å². The monoisotopic (exact) mass is 258 g/mol. The van der Waals surface area contributed by atoms with Gasteiger partial charge in [0.25, 0.3) is 0 Å². The molecule has 0 saturated heterocycles. The summed E-state index contributed by atoms with van der Waals surface area (Å²) >= 11 is 0. The summed E-state index contributed by atoms with van der Waals surface area (Å²) < 4.78 is 4.88. The smallest absolute Gasteiger partial charge is 0.310 e. The first-order chi connectivity index (χ1) is 9.19. The highest BCUT2D eigenvalue weighted by Crippen LogP contribution is 2.28. The first-order valence-electron chi connectivity index (χ1n) is 6.91. The molecule has 0 unspecified atom stereocenters. The van der Waals surface area contributed by atoms with Crippen LogP contribution in [-0.2, 0) is 9.53 Å². The molecule has 0 radical (unpaired) electrons. The molecule has 2 heteroatoms. The number of ether oxygens (including phenoxy) is 1. The maximum atomic E-state index is 11.2. The number of hydrogen-bond acceptors (Lipinski definition) is 2. The topological polar surface area (TPSA) is 26.3 Å². The molecule has 102 valence electrons. The van der Waals surface area contributed by atoms with E-state index < -0.39 is 0 Å². The number of allylic oxidation sites excluding steroid dienone is 2. The fourth-order valence-electron chi connectivity index (χ4n) is 2.20. The van der Waals surface area contributed by atoms with Crippen LogP contribution in [0.5, 0.6) is 0 Å². The van der Waals surface area contributed by atoms with Gasteiger partial charge in [-0.05, 0) is 63.7 Å². The number of carbonyl (C=O) groups excluding carboxylic acids is 1. The van der Waals surface area contributed by atoms with Gasteiger partial charge in [-0.15, -0.1) is 11.7 Å². The lowest BCUT2D eigenvalue weighted by Crippen LogP contribution is -2.01. The molecule has 1 aliphatic rings. The van der Waals surface area contributed by atoms with Crippen LogP contribution in [0.2, 0.25) is 0 Å². The van der Waals surface area contributed by atoms with Crippen molar-refractivity contribution in [1.82, 2.24) is 0 Å². The Morgan fingerprint density at radius 2 is 2.11 bits per heavy atom. The lowest BCUT2D eigenvalue weighted by Gasteiger charge is -2.16. The summed E-state index contributed by atoms with van der Waals surface area (Å²) in [4.78, 5) is 11.2. The van der Waals surface area contributed by atoms with Gasteiger partial charge in [-0.1, -0.05) is 5.92 Å². The van der Waals surface area contributed by atoms with Gasteiger partial charge in [0.05, 0.1) is 13.0 Å². The Bertz CT molecular complexity index is 477. The third-order valence-corrected chi connectivity index (χ3v) is 3.09. The molecule has 0 fully saturated rings. The average Bonchev–Trinajstić information content (AvgIpc) is 2.40. The highest BCUT2D eigenvalue weighted by Gasteiger charge is 2.12. The summed E-state index contributed by atoms with van der Waals surface area (Å²) in [6.07, 6.45) is 6.59. The van der Waals surface area contributed by atoms with Gasteiger partial charge in [0, 0.05) is 5.57 Å². The number of esters is 1. The first-order valence-corrected chi connectivity index (χ1v) is 6.91. The normalized spacial score (nSPS) is 14.1. The van der Waals surface area contributed by atoms with Gasteiger partial charge in [-0.3, -0.25) is 4.79 Å². The van der Waals surface area contributed by atoms with Crippen LogP contribution < -0.4 is 0 Å². The van der Waals surface area contributed by atoms with Gasteiger partial charge in [0.15, 0.2) is 0 Å². The van der Waals surface area contributed by atoms with E-state index in [0.717, 1.165) is 18.4 Å². The molecular weight excluding hydrogens is 236 g/mol. The predicted octanol–water partition coefficient (Wildman–Crippen LogP) is 3.93. The molecule has 19 heavy (non-hydrogen) atoms. The van der Waals surface area contributed by atoms with Crippen LogP contribution in [0.3, 0.4) is 0 Å². The third-order valence-electron chi connectivity index (χ3n) is 3.09. The minimum absolute atomic E-state index is 0.200. The van der Waals surface area contributed by atoms with E-state index in [1.165, 1.54) is 24.0 Å². The summed E-state index contributed by atoms with van der Waals surface area (Å²) in [5, 5.41) is 0. The van der Waals surface area contributed by atoms with Crippen molar-refractivity contribution in [1.29, 1.82) is 0 Å². The molecule has 0 aromatic heterocycles. The van der Waals surface area contributed by atoms with Crippen molar-refractivity contribution < 1.29 is 9.53 Å². The summed E-state index contributed by atoms with van der Waals surface area (Å²) in [7, 11) is 0. The second-order valence-corrected chi connectivity index (χ2v) is 4.52. The molecule has 0 aromatic rings. The molecule has 1 aliphatic carbocycles. The Hall–Kier alpha value is -1.71. The lowest BCUT2D eigenvalue weighted by molar-refractivity contribution is -0.142. The number of carbonyl (C=O) groups is 1. The van der Waals surface area contributed by atoms with E-state index in [9.17, 15) is 4.79 Å². The molecule has 0 spiro atoms. The Morgan fingerprint density at radius 3 is 2.79 bits per heavy atom. The predicted molar refractivity (Wildman–Crippen MR) is 77.5 cm³/mol. The molecule has 0 saturated carbocycles. The van der Waals surface area contributed by atoms with Crippen molar-refractivity contribution >= 4 is 5.97 Å². The lowest BCUT2D eigenvalue weighted by atomic mass is 9.88. The average molecular weight is 258 g/mol. The SMILES string of the molecule is CC#CC1=C(C(C)=C=CCC(=O)OCC)CCCC1. The van der Waals surface area contributed by atoms with Gasteiger partial charge >= 0.3 is 5.97 Å². The minimum atomic E-state index is -0.200. The van der Waals surface area contributed by atoms with Crippen molar-refractivity contribution in [2.24, 2.45) is 0 Å². The molecule has 0 amide bonds. The molecule has 0 atom stereocenters. The fraction of sp³-hybridized carbons (Fsp3) is 0.529. The highest BCUT2D eigenvalue weighted by molar-refractivity contribution is 5.71. The van der Waals surface area contributed by atoms with Crippen molar-refractivity contribution in [3.8, 4) is 11.8 Å². The summed E-state index contributed by atoms with van der Waals surface area (Å²) in [5.41, 5.74) is 6.84. The fourth-order valence-corrected chi connectivity index (χ4v) is 2.20. The van der Waals surface area contributed by atoms with Crippen LogP contribution in [0.15, 0.2) is 28.5 Å². The molecule has 0 heterocycles. The van der Waals surface area contributed by atoms with E-state index in [2.05, 4.69) is 17.6 Å². The van der Waals surface area contributed by atoms with Crippen LogP contribution in [0.25, 0.3) is 0 Å². The van der Waals surface area contributed by atoms with Crippen LogP contribution in [-0.4, -0.2) is 12.6 Å². The Balaban J connectivity index is 2.83. The summed E-state index contributed by atoms with van der Waals surface area (Å²) in [6, 6.07) is 0. The van der Waals surface area contributed by atoms with E-state index in [1.54, 1.807) is 6.08 Å². The zero-order chi connectivity index (χ0) is 14.1. The van der Waals surface area contributed by atoms with E-state index in [-0.39, 0.29) is 12.4 Å². The molecular formula is C17H22O2. The molecule has 0 N–H and O–H groups in total. The molecule has 0 aromatic carbocycles. The number of rotatable bonds is 4. The molecule has 0 aliphatic heterocycles. The highest BCUT2D eigenvalue weighted by atomic mass is 16.5.